The second kappa shape index (κ2) is 4.03. The zero-order valence-electron chi connectivity index (χ0n) is 8.77. The minimum absolute atomic E-state index is 0.0318. The summed E-state index contributed by atoms with van der Waals surface area (Å²) in [6.07, 6.45) is 0.665. The van der Waals surface area contributed by atoms with Gasteiger partial charge in [0.2, 0.25) is 0 Å². The molecule has 3 heteroatoms. The first-order chi connectivity index (χ1) is 7.24. The third-order valence-electron chi connectivity index (χ3n) is 2.83. The van der Waals surface area contributed by atoms with Crippen molar-refractivity contribution in [3.05, 3.63) is 35.4 Å². The van der Waals surface area contributed by atoms with Crippen molar-refractivity contribution < 1.29 is 9.53 Å². The molecule has 1 aliphatic rings. The minimum atomic E-state index is -0.170. The number of hydrogen-bond acceptors (Lipinski definition) is 3. The van der Waals surface area contributed by atoms with Crippen molar-refractivity contribution in [1.29, 1.82) is 0 Å². The predicted octanol–water partition coefficient (Wildman–Crippen LogP) is 1.74. The SMILES string of the molecule is CCOC(=O)[C@@H]1C[C@H](N)c2ccccc21. The van der Waals surface area contributed by atoms with Gasteiger partial charge in [0.15, 0.2) is 0 Å². The molecule has 1 aromatic carbocycles. The fourth-order valence-corrected chi connectivity index (χ4v) is 2.14. The van der Waals surface area contributed by atoms with E-state index in [0.29, 0.717) is 13.0 Å². The molecule has 0 amide bonds. The average Bonchev–Trinajstić information content (AvgIpc) is 2.58. The van der Waals surface area contributed by atoms with E-state index in [4.69, 9.17) is 10.5 Å². The molecule has 0 radical (unpaired) electrons. The number of ether oxygens (including phenoxy) is 1. The highest BCUT2D eigenvalue weighted by atomic mass is 16.5. The number of nitrogens with two attached hydrogens (primary N) is 1. The van der Waals surface area contributed by atoms with Gasteiger partial charge in [-0.2, -0.15) is 0 Å². The molecule has 0 aliphatic heterocycles. The molecule has 0 aromatic heterocycles. The van der Waals surface area contributed by atoms with Gasteiger partial charge >= 0.3 is 5.97 Å². The first-order valence-electron chi connectivity index (χ1n) is 5.25. The van der Waals surface area contributed by atoms with Crippen molar-refractivity contribution in [2.24, 2.45) is 5.73 Å². The Morgan fingerprint density at radius 2 is 2.13 bits per heavy atom. The summed E-state index contributed by atoms with van der Waals surface area (Å²) in [4.78, 5) is 11.7. The molecule has 2 atom stereocenters. The quantitative estimate of drug-likeness (QED) is 0.748. The van der Waals surface area contributed by atoms with Crippen LogP contribution in [0.15, 0.2) is 24.3 Å². The van der Waals surface area contributed by atoms with Crippen LogP contribution in [0.1, 0.15) is 36.4 Å². The van der Waals surface area contributed by atoms with Crippen molar-refractivity contribution in [2.75, 3.05) is 6.61 Å². The Bertz CT molecular complexity index is 376. The van der Waals surface area contributed by atoms with Gasteiger partial charge in [-0.05, 0) is 24.5 Å². The molecule has 0 unspecified atom stereocenters. The fourth-order valence-electron chi connectivity index (χ4n) is 2.14. The molecule has 0 fully saturated rings. The van der Waals surface area contributed by atoms with Crippen molar-refractivity contribution in [2.45, 2.75) is 25.3 Å². The Hall–Kier alpha value is -1.35. The van der Waals surface area contributed by atoms with Crippen LogP contribution in [-0.4, -0.2) is 12.6 Å². The van der Waals surface area contributed by atoms with Crippen LogP contribution in [0.2, 0.25) is 0 Å². The largest absolute Gasteiger partial charge is 0.466 e. The Kier molecular flexibility index (Phi) is 2.73. The summed E-state index contributed by atoms with van der Waals surface area (Å²) < 4.78 is 5.04. The Morgan fingerprint density at radius 3 is 2.80 bits per heavy atom. The van der Waals surface area contributed by atoms with Gasteiger partial charge in [-0.3, -0.25) is 4.79 Å². The lowest BCUT2D eigenvalue weighted by Gasteiger charge is -2.09. The number of esters is 1. The van der Waals surface area contributed by atoms with Crippen LogP contribution in [0.5, 0.6) is 0 Å². The molecule has 1 aromatic rings. The lowest BCUT2D eigenvalue weighted by Crippen LogP contribution is -2.14. The van der Waals surface area contributed by atoms with Gasteiger partial charge in [-0.1, -0.05) is 24.3 Å². The number of carbonyl (C=O) groups excluding carboxylic acids is 1. The zero-order chi connectivity index (χ0) is 10.8. The number of carbonyl (C=O) groups is 1. The van der Waals surface area contributed by atoms with E-state index in [-0.39, 0.29) is 17.9 Å². The molecule has 80 valence electrons. The normalized spacial score (nSPS) is 23.6. The molecular weight excluding hydrogens is 190 g/mol. The van der Waals surface area contributed by atoms with E-state index in [0.717, 1.165) is 11.1 Å². The van der Waals surface area contributed by atoms with Crippen LogP contribution in [0, 0.1) is 0 Å². The topological polar surface area (TPSA) is 52.3 Å². The van der Waals surface area contributed by atoms with Gasteiger partial charge < -0.3 is 10.5 Å². The maximum atomic E-state index is 11.7. The van der Waals surface area contributed by atoms with E-state index in [2.05, 4.69) is 0 Å². The molecule has 15 heavy (non-hydrogen) atoms. The standard InChI is InChI=1S/C12H15NO2/c1-2-15-12(14)10-7-11(13)9-6-4-3-5-8(9)10/h3-6,10-11H,2,7,13H2,1H3/t10-,11+/m1/s1. The summed E-state index contributed by atoms with van der Waals surface area (Å²) in [5, 5.41) is 0. The third-order valence-corrected chi connectivity index (χ3v) is 2.83. The average molecular weight is 205 g/mol. The lowest BCUT2D eigenvalue weighted by atomic mass is 10.0. The van der Waals surface area contributed by atoms with E-state index in [1.165, 1.54) is 0 Å². The van der Waals surface area contributed by atoms with Gasteiger partial charge in [0.25, 0.3) is 0 Å². The van der Waals surface area contributed by atoms with Gasteiger partial charge in [0.1, 0.15) is 0 Å². The van der Waals surface area contributed by atoms with Gasteiger partial charge in [-0.25, -0.2) is 0 Å². The Morgan fingerprint density at radius 1 is 1.47 bits per heavy atom. The third kappa shape index (κ3) is 1.75. The summed E-state index contributed by atoms with van der Waals surface area (Å²) >= 11 is 0. The molecule has 0 spiro atoms. The molecule has 0 saturated carbocycles. The highest BCUT2D eigenvalue weighted by Gasteiger charge is 2.33. The van der Waals surface area contributed by atoms with Crippen molar-refractivity contribution in [1.82, 2.24) is 0 Å². The van der Waals surface area contributed by atoms with E-state index >= 15 is 0 Å². The van der Waals surface area contributed by atoms with Gasteiger partial charge in [-0.15, -0.1) is 0 Å². The van der Waals surface area contributed by atoms with Crippen molar-refractivity contribution >= 4 is 5.97 Å². The van der Waals surface area contributed by atoms with E-state index in [1.54, 1.807) is 0 Å². The summed E-state index contributed by atoms with van der Waals surface area (Å²) in [5.41, 5.74) is 8.07. The maximum Gasteiger partial charge on any atom is 0.313 e. The summed E-state index contributed by atoms with van der Waals surface area (Å²) in [6.45, 7) is 2.24. The van der Waals surface area contributed by atoms with Gasteiger partial charge in [0, 0.05) is 6.04 Å². The van der Waals surface area contributed by atoms with E-state index in [9.17, 15) is 4.79 Å². The lowest BCUT2D eigenvalue weighted by molar-refractivity contribution is -0.145. The maximum absolute atomic E-state index is 11.7. The summed E-state index contributed by atoms with van der Waals surface area (Å²) in [5.74, 6) is -0.325. The van der Waals surface area contributed by atoms with Crippen LogP contribution in [0.4, 0.5) is 0 Å². The zero-order valence-corrected chi connectivity index (χ0v) is 8.77. The van der Waals surface area contributed by atoms with Crippen LogP contribution in [-0.2, 0) is 9.53 Å². The summed E-state index contributed by atoms with van der Waals surface area (Å²) in [7, 11) is 0. The number of rotatable bonds is 2. The van der Waals surface area contributed by atoms with Crippen LogP contribution < -0.4 is 5.73 Å². The fraction of sp³-hybridized carbons (Fsp3) is 0.417. The molecule has 2 rings (SSSR count). The highest BCUT2D eigenvalue weighted by Crippen LogP contribution is 2.39. The monoisotopic (exact) mass is 205 g/mol. The molecule has 2 N–H and O–H groups in total. The second-order valence-corrected chi connectivity index (χ2v) is 3.78. The van der Waals surface area contributed by atoms with Crippen LogP contribution in [0.3, 0.4) is 0 Å². The molecular formula is C12H15NO2. The molecule has 1 aliphatic carbocycles. The number of fused-ring (bicyclic) bond motifs is 1. The first kappa shape index (κ1) is 10.2. The summed E-state index contributed by atoms with van der Waals surface area (Å²) in [6, 6.07) is 7.80. The first-order valence-corrected chi connectivity index (χ1v) is 5.25. The molecule has 0 heterocycles. The minimum Gasteiger partial charge on any atom is -0.466 e. The Labute approximate surface area is 89.2 Å². The van der Waals surface area contributed by atoms with E-state index < -0.39 is 0 Å². The molecule has 3 nitrogen and oxygen atoms in total. The second-order valence-electron chi connectivity index (χ2n) is 3.78. The van der Waals surface area contributed by atoms with Crippen LogP contribution >= 0.6 is 0 Å². The van der Waals surface area contributed by atoms with Crippen LogP contribution in [0.25, 0.3) is 0 Å². The molecule has 0 bridgehead atoms. The molecule has 0 saturated heterocycles. The Balaban J connectivity index is 2.28. The van der Waals surface area contributed by atoms with Crippen molar-refractivity contribution in [3.8, 4) is 0 Å². The number of benzene rings is 1. The predicted molar refractivity (Wildman–Crippen MR) is 57.4 cm³/mol. The smallest absolute Gasteiger partial charge is 0.313 e. The number of hydrogen-bond donors (Lipinski definition) is 1. The van der Waals surface area contributed by atoms with Gasteiger partial charge in [0.05, 0.1) is 12.5 Å². The van der Waals surface area contributed by atoms with Crippen molar-refractivity contribution in [3.63, 3.8) is 0 Å². The highest BCUT2D eigenvalue weighted by molar-refractivity contribution is 5.80. The van der Waals surface area contributed by atoms with E-state index in [1.807, 2.05) is 31.2 Å².